The number of hydrogen-bond donors (Lipinski definition) is 0. The van der Waals surface area contributed by atoms with Crippen molar-refractivity contribution in [3.05, 3.63) is 65.5 Å². The van der Waals surface area contributed by atoms with Gasteiger partial charge in [0.1, 0.15) is 24.0 Å². The molecule has 0 N–H and O–H groups in total. The average molecular weight is 388 g/mol. The molecule has 2 heterocycles. The van der Waals surface area contributed by atoms with Crippen LogP contribution in [0.25, 0.3) is 0 Å². The maximum Gasteiger partial charge on any atom is 0.256 e. The van der Waals surface area contributed by atoms with E-state index in [1.54, 1.807) is 6.07 Å². The smallest absolute Gasteiger partial charge is 0.256 e. The van der Waals surface area contributed by atoms with E-state index in [0.717, 1.165) is 30.5 Å². The predicted molar refractivity (Wildman–Crippen MR) is 102 cm³/mol. The second-order valence-electron chi connectivity index (χ2n) is 6.91. The quantitative estimate of drug-likeness (QED) is 0.806. The number of halogens is 1. The number of piperidine rings is 1. The van der Waals surface area contributed by atoms with Gasteiger partial charge in [0.2, 0.25) is 0 Å². The summed E-state index contributed by atoms with van der Waals surface area (Å²) < 4.78 is 46.8. The molecule has 2 aromatic rings. The molecule has 0 aromatic heterocycles. The fourth-order valence-electron chi connectivity index (χ4n) is 3.62. The Kier molecular flexibility index (Phi) is 4.86. The van der Waals surface area contributed by atoms with Crippen LogP contribution in [-0.4, -0.2) is 38.0 Å². The van der Waals surface area contributed by atoms with Crippen molar-refractivity contribution in [1.29, 1.82) is 0 Å². The third-order valence-electron chi connectivity index (χ3n) is 4.99. The van der Waals surface area contributed by atoms with Gasteiger partial charge < -0.3 is 9.64 Å². The fraction of sp³-hybridized carbons (Fsp3) is 0.350. The van der Waals surface area contributed by atoms with Gasteiger partial charge in [-0.25, -0.2) is 12.8 Å². The first-order chi connectivity index (χ1) is 13.0. The minimum atomic E-state index is -3.35. The van der Waals surface area contributed by atoms with Crippen LogP contribution in [-0.2, 0) is 16.6 Å². The van der Waals surface area contributed by atoms with Crippen molar-refractivity contribution in [2.24, 2.45) is 4.40 Å². The van der Waals surface area contributed by atoms with Crippen LogP contribution in [0.3, 0.4) is 0 Å². The van der Waals surface area contributed by atoms with E-state index in [1.165, 1.54) is 12.1 Å². The number of sulfonamides is 1. The Morgan fingerprint density at radius 1 is 1.15 bits per heavy atom. The first-order valence-corrected chi connectivity index (χ1v) is 10.7. The molecule has 27 heavy (non-hydrogen) atoms. The summed E-state index contributed by atoms with van der Waals surface area (Å²) in [5, 5.41) is 0. The van der Waals surface area contributed by atoms with Crippen LogP contribution < -0.4 is 4.74 Å². The minimum absolute atomic E-state index is 0.00825. The van der Waals surface area contributed by atoms with E-state index >= 15 is 0 Å². The molecular formula is C20H21FN2O3S. The molecule has 142 valence electrons. The molecule has 0 amide bonds. The average Bonchev–Trinajstić information content (AvgIpc) is 2.66. The van der Waals surface area contributed by atoms with E-state index in [4.69, 9.17) is 4.74 Å². The second kappa shape index (κ2) is 7.31. The third kappa shape index (κ3) is 4.13. The molecular weight excluding hydrogens is 367 g/mol. The Labute approximate surface area is 158 Å². The zero-order valence-corrected chi connectivity index (χ0v) is 15.7. The van der Waals surface area contributed by atoms with Gasteiger partial charge in [-0.1, -0.05) is 24.3 Å². The standard InChI is InChI=1S/C20H21FN2O3S/c21-17-4-1-3-15(13-17)14-26-18-8-6-16(7-9-18)19-5-2-10-23-11-12-27(24,25)22-20(19)23/h1,3-4,6-9,13,19H,2,5,10-12,14H2. The molecule has 0 radical (unpaired) electrons. The van der Waals surface area contributed by atoms with Crippen LogP contribution in [0.1, 0.15) is 29.9 Å². The Morgan fingerprint density at radius 3 is 2.74 bits per heavy atom. The summed E-state index contributed by atoms with van der Waals surface area (Å²) in [6.45, 7) is 1.67. The molecule has 0 aliphatic carbocycles. The fourth-order valence-corrected chi connectivity index (χ4v) is 4.69. The summed E-state index contributed by atoms with van der Waals surface area (Å²) in [5.74, 6) is 1.16. The van der Waals surface area contributed by atoms with E-state index in [1.807, 2.05) is 30.3 Å². The summed E-state index contributed by atoms with van der Waals surface area (Å²) in [6, 6.07) is 14.0. The number of nitrogens with zero attached hydrogens (tertiary/aromatic N) is 2. The van der Waals surface area contributed by atoms with Gasteiger partial charge in [-0.3, -0.25) is 0 Å². The molecule has 4 rings (SSSR count). The van der Waals surface area contributed by atoms with Crippen molar-refractivity contribution in [2.45, 2.75) is 25.4 Å². The van der Waals surface area contributed by atoms with Crippen LogP contribution in [0, 0.1) is 5.82 Å². The molecule has 5 nitrogen and oxygen atoms in total. The minimum Gasteiger partial charge on any atom is -0.489 e. The third-order valence-corrected chi connectivity index (χ3v) is 6.15. The molecule has 7 heteroatoms. The van der Waals surface area contributed by atoms with E-state index in [0.29, 0.717) is 24.7 Å². The largest absolute Gasteiger partial charge is 0.489 e. The van der Waals surface area contributed by atoms with Gasteiger partial charge in [-0.05, 0) is 48.2 Å². The maximum absolute atomic E-state index is 13.2. The summed E-state index contributed by atoms with van der Waals surface area (Å²) in [5.41, 5.74) is 1.80. The molecule has 1 unspecified atom stereocenters. The summed E-state index contributed by atoms with van der Waals surface area (Å²) in [6.07, 6.45) is 1.90. The van der Waals surface area contributed by atoms with Crippen LogP contribution in [0.5, 0.6) is 5.75 Å². The molecule has 1 saturated heterocycles. The maximum atomic E-state index is 13.2. The van der Waals surface area contributed by atoms with Gasteiger partial charge in [-0.15, -0.1) is 4.40 Å². The summed E-state index contributed by atoms with van der Waals surface area (Å²) in [4.78, 5) is 2.09. The van der Waals surface area contributed by atoms with E-state index in [2.05, 4.69) is 9.30 Å². The topological polar surface area (TPSA) is 59.0 Å². The van der Waals surface area contributed by atoms with E-state index < -0.39 is 10.0 Å². The Bertz CT molecular complexity index is 957. The Balaban J connectivity index is 1.49. The van der Waals surface area contributed by atoms with Crippen molar-refractivity contribution in [1.82, 2.24) is 4.90 Å². The second-order valence-corrected chi connectivity index (χ2v) is 8.66. The molecule has 1 fully saturated rings. The Hall–Kier alpha value is -2.41. The summed E-state index contributed by atoms with van der Waals surface area (Å²) in [7, 11) is -3.35. The van der Waals surface area contributed by atoms with E-state index in [9.17, 15) is 12.8 Å². The van der Waals surface area contributed by atoms with Crippen LogP contribution >= 0.6 is 0 Å². The number of fused-ring (bicyclic) bond motifs is 1. The highest BCUT2D eigenvalue weighted by Crippen LogP contribution is 2.32. The van der Waals surface area contributed by atoms with Crippen LogP contribution in [0.4, 0.5) is 4.39 Å². The normalized spacial score (nSPS) is 21.3. The lowest BCUT2D eigenvalue weighted by Gasteiger charge is -2.37. The highest BCUT2D eigenvalue weighted by atomic mass is 32.2. The van der Waals surface area contributed by atoms with Crippen molar-refractivity contribution in [3.63, 3.8) is 0 Å². The SMILES string of the molecule is O=S1(=O)CCN2CCCC(c3ccc(OCc4cccc(F)c4)cc3)C2=N1. The van der Waals surface area contributed by atoms with Crippen molar-refractivity contribution in [3.8, 4) is 5.75 Å². The number of ether oxygens (including phenoxy) is 1. The summed E-state index contributed by atoms with van der Waals surface area (Å²) >= 11 is 0. The molecule has 2 aliphatic heterocycles. The van der Waals surface area contributed by atoms with Crippen molar-refractivity contribution >= 4 is 15.9 Å². The van der Waals surface area contributed by atoms with Gasteiger partial charge in [0.15, 0.2) is 0 Å². The zero-order valence-electron chi connectivity index (χ0n) is 14.8. The monoisotopic (exact) mass is 388 g/mol. The first-order valence-electron chi connectivity index (χ1n) is 9.05. The van der Waals surface area contributed by atoms with Gasteiger partial charge >= 0.3 is 0 Å². The van der Waals surface area contributed by atoms with E-state index in [-0.39, 0.29) is 17.5 Å². The van der Waals surface area contributed by atoms with Crippen LogP contribution in [0.15, 0.2) is 52.9 Å². The highest BCUT2D eigenvalue weighted by Gasteiger charge is 2.33. The molecule has 2 aliphatic rings. The Morgan fingerprint density at radius 2 is 1.96 bits per heavy atom. The van der Waals surface area contributed by atoms with Crippen molar-refractivity contribution < 1.29 is 17.5 Å². The van der Waals surface area contributed by atoms with Gasteiger partial charge in [0.05, 0.1) is 5.75 Å². The van der Waals surface area contributed by atoms with Crippen molar-refractivity contribution in [2.75, 3.05) is 18.8 Å². The predicted octanol–water partition coefficient (Wildman–Crippen LogP) is 3.33. The zero-order chi connectivity index (χ0) is 18.9. The molecule has 0 spiro atoms. The van der Waals surface area contributed by atoms with Gasteiger partial charge in [0, 0.05) is 19.0 Å². The lowest BCUT2D eigenvalue weighted by Crippen LogP contribution is -2.46. The van der Waals surface area contributed by atoms with Gasteiger partial charge in [-0.2, -0.15) is 0 Å². The number of benzene rings is 2. The first kappa shape index (κ1) is 18.0. The number of hydrogen-bond acceptors (Lipinski definition) is 4. The number of amidine groups is 1. The molecule has 0 bridgehead atoms. The lowest BCUT2D eigenvalue weighted by atomic mass is 9.89. The molecule has 0 saturated carbocycles. The van der Waals surface area contributed by atoms with Gasteiger partial charge in [0.25, 0.3) is 10.0 Å². The molecule has 2 aromatic carbocycles. The lowest BCUT2D eigenvalue weighted by molar-refractivity contribution is 0.305. The highest BCUT2D eigenvalue weighted by molar-refractivity contribution is 7.90. The molecule has 1 atom stereocenters. The van der Waals surface area contributed by atoms with Crippen LogP contribution in [0.2, 0.25) is 0 Å². The number of rotatable bonds is 4.